The van der Waals surface area contributed by atoms with Crippen molar-refractivity contribution in [1.82, 2.24) is 10.3 Å². The summed E-state index contributed by atoms with van der Waals surface area (Å²) in [7, 11) is 1.56. The Bertz CT molecular complexity index is 1370. The maximum Gasteiger partial charge on any atom is 0.257 e. The summed E-state index contributed by atoms with van der Waals surface area (Å²) < 4.78 is 32.3. The number of ether oxygens (including phenoxy) is 1. The van der Waals surface area contributed by atoms with E-state index in [-0.39, 0.29) is 34.6 Å². The first-order valence-corrected chi connectivity index (χ1v) is 12.4. The molecule has 3 aromatic rings. The van der Waals surface area contributed by atoms with Gasteiger partial charge in [0.15, 0.2) is 5.11 Å². The lowest BCUT2D eigenvalue weighted by atomic mass is 9.77. The van der Waals surface area contributed by atoms with E-state index in [9.17, 15) is 13.6 Å². The largest absolute Gasteiger partial charge is 0.497 e. The molecule has 1 amide bonds. The van der Waals surface area contributed by atoms with Crippen LogP contribution < -0.4 is 10.1 Å². The van der Waals surface area contributed by atoms with E-state index in [0.717, 1.165) is 41.7 Å². The fourth-order valence-corrected chi connectivity index (χ4v) is 5.14. The number of hydrogen-bond donors (Lipinski definition) is 1. The molecule has 0 bridgehead atoms. The van der Waals surface area contributed by atoms with Crippen LogP contribution in [-0.2, 0) is 0 Å². The summed E-state index contributed by atoms with van der Waals surface area (Å²) in [5.74, 6) is -0.330. The van der Waals surface area contributed by atoms with Gasteiger partial charge in [-0.05, 0) is 103 Å². The van der Waals surface area contributed by atoms with E-state index in [4.69, 9.17) is 22.1 Å². The average Bonchev–Trinajstić information content (AvgIpc) is 3.31. The van der Waals surface area contributed by atoms with Gasteiger partial charge in [0.05, 0.1) is 18.9 Å². The Morgan fingerprint density at radius 1 is 1.03 bits per heavy atom. The van der Waals surface area contributed by atoms with Crippen LogP contribution in [0.3, 0.4) is 0 Å². The van der Waals surface area contributed by atoms with Crippen LogP contribution in [0.15, 0.2) is 83.5 Å². The average molecular weight is 518 g/mol. The number of hydrogen-bond acceptors (Lipinski definition) is 4. The van der Waals surface area contributed by atoms with Gasteiger partial charge >= 0.3 is 0 Å². The Labute approximate surface area is 219 Å². The Balaban J connectivity index is 1.47. The molecule has 2 unspecified atom stereocenters. The van der Waals surface area contributed by atoms with Gasteiger partial charge in [-0.1, -0.05) is 24.3 Å². The molecular formula is C29H25F2N3O2S. The Morgan fingerprint density at radius 3 is 2.32 bits per heavy atom. The Morgan fingerprint density at radius 2 is 1.68 bits per heavy atom. The van der Waals surface area contributed by atoms with Crippen molar-refractivity contribution in [3.05, 3.63) is 107 Å². The first-order chi connectivity index (χ1) is 17.9. The fourth-order valence-electron chi connectivity index (χ4n) is 4.89. The van der Waals surface area contributed by atoms with Crippen LogP contribution in [0.1, 0.15) is 46.8 Å². The van der Waals surface area contributed by atoms with Crippen molar-refractivity contribution < 1.29 is 18.3 Å². The van der Waals surface area contributed by atoms with Crippen molar-refractivity contribution in [2.75, 3.05) is 7.11 Å². The summed E-state index contributed by atoms with van der Waals surface area (Å²) in [5, 5.41) is 9.53. The lowest BCUT2D eigenvalue weighted by molar-refractivity contribution is 0.0971. The number of nitrogens with one attached hydrogen (secondary N) is 1. The van der Waals surface area contributed by atoms with Crippen LogP contribution in [-0.4, -0.2) is 28.9 Å². The third-order valence-electron chi connectivity index (χ3n) is 6.70. The number of nitrogens with zero attached hydrogens (tertiary/aromatic N) is 2. The van der Waals surface area contributed by atoms with Crippen molar-refractivity contribution >= 4 is 35.0 Å². The van der Waals surface area contributed by atoms with Crippen molar-refractivity contribution in [2.45, 2.75) is 25.3 Å². The van der Waals surface area contributed by atoms with Gasteiger partial charge in [0.2, 0.25) is 0 Å². The van der Waals surface area contributed by atoms with E-state index in [1.807, 2.05) is 6.08 Å². The van der Waals surface area contributed by atoms with Gasteiger partial charge in [-0.25, -0.2) is 13.8 Å². The number of thiocarbonyl (C=S) groups is 1. The highest BCUT2D eigenvalue weighted by molar-refractivity contribution is 7.80. The van der Waals surface area contributed by atoms with Crippen molar-refractivity contribution in [1.29, 1.82) is 0 Å². The van der Waals surface area contributed by atoms with Gasteiger partial charge in [-0.3, -0.25) is 10.1 Å². The van der Waals surface area contributed by atoms with Crippen LogP contribution in [0.4, 0.5) is 8.78 Å². The van der Waals surface area contributed by atoms with E-state index in [2.05, 4.69) is 5.32 Å². The van der Waals surface area contributed by atoms with Crippen molar-refractivity contribution in [3.8, 4) is 5.75 Å². The highest BCUT2D eigenvalue weighted by Gasteiger charge is 2.43. The number of amides is 1. The summed E-state index contributed by atoms with van der Waals surface area (Å²) in [6.45, 7) is 0. The van der Waals surface area contributed by atoms with E-state index in [1.54, 1.807) is 60.6 Å². The second-order valence-corrected chi connectivity index (χ2v) is 9.42. The second kappa shape index (κ2) is 10.6. The number of allylic oxidation sites excluding steroid dienone is 1. The van der Waals surface area contributed by atoms with Crippen LogP contribution in [0.25, 0.3) is 6.08 Å². The molecule has 1 fully saturated rings. The van der Waals surface area contributed by atoms with Gasteiger partial charge in [0.25, 0.3) is 5.91 Å². The standard InChI is InChI=1S/C29H25F2N3O2S/c1-36-24-15-9-20(10-16-24)28(35)32-29(37)34-27(19-7-13-23(31)14-8-19)25-4-2-3-21(26(25)33-34)17-18-5-11-22(30)12-6-18/h5-17,25,27H,2-4H2,1H3,(H,32,35,37)/b21-17+. The van der Waals surface area contributed by atoms with Gasteiger partial charge in [-0.15, -0.1) is 0 Å². The quantitative estimate of drug-likeness (QED) is 0.414. The minimum absolute atomic E-state index is 0.00162. The number of halogens is 2. The molecule has 2 aliphatic rings. The number of rotatable bonds is 4. The molecule has 1 heterocycles. The van der Waals surface area contributed by atoms with E-state index >= 15 is 0 Å². The highest BCUT2D eigenvalue weighted by Crippen LogP contribution is 2.44. The maximum atomic E-state index is 13.7. The molecule has 2 atom stereocenters. The molecule has 0 radical (unpaired) electrons. The zero-order valence-electron chi connectivity index (χ0n) is 20.2. The molecule has 5 nitrogen and oxygen atoms in total. The zero-order valence-corrected chi connectivity index (χ0v) is 21.0. The monoisotopic (exact) mass is 517 g/mol. The van der Waals surface area contributed by atoms with Gasteiger partial charge in [0, 0.05) is 11.5 Å². The predicted octanol–water partition coefficient (Wildman–Crippen LogP) is 6.28. The van der Waals surface area contributed by atoms with Crippen LogP contribution in [0, 0.1) is 17.6 Å². The molecule has 5 rings (SSSR count). The molecule has 1 saturated carbocycles. The number of benzene rings is 3. The third kappa shape index (κ3) is 5.29. The molecule has 1 aliphatic carbocycles. The van der Waals surface area contributed by atoms with Crippen LogP contribution in [0.5, 0.6) is 5.75 Å². The third-order valence-corrected chi connectivity index (χ3v) is 6.99. The topological polar surface area (TPSA) is 53.9 Å². The summed E-state index contributed by atoms with van der Waals surface area (Å²) in [5.41, 5.74) is 4.09. The first-order valence-electron chi connectivity index (χ1n) is 12.0. The Hall–Kier alpha value is -3.91. The minimum Gasteiger partial charge on any atom is -0.497 e. The zero-order chi connectivity index (χ0) is 25.9. The number of methoxy groups -OCH3 is 1. The number of carbonyl (C=O) groups excluding carboxylic acids is 1. The molecule has 1 N–H and O–H groups in total. The minimum atomic E-state index is -0.359. The Kier molecular flexibility index (Phi) is 7.10. The fraction of sp³-hybridized carbons (Fsp3) is 0.207. The smallest absolute Gasteiger partial charge is 0.257 e. The first kappa shape index (κ1) is 24.8. The molecule has 37 heavy (non-hydrogen) atoms. The second-order valence-electron chi connectivity index (χ2n) is 9.03. The number of fused-ring (bicyclic) bond motifs is 1. The van der Waals surface area contributed by atoms with Crippen LogP contribution in [0.2, 0.25) is 0 Å². The summed E-state index contributed by atoms with van der Waals surface area (Å²) in [6, 6.07) is 19.1. The van der Waals surface area contributed by atoms with E-state index in [0.29, 0.717) is 11.3 Å². The summed E-state index contributed by atoms with van der Waals surface area (Å²) in [6.07, 6.45) is 4.65. The van der Waals surface area contributed by atoms with Gasteiger partial charge < -0.3 is 4.74 Å². The van der Waals surface area contributed by atoms with Crippen LogP contribution >= 0.6 is 12.2 Å². The molecule has 0 saturated heterocycles. The van der Waals surface area contributed by atoms with Gasteiger partial charge in [0.1, 0.15) is 17.4 Å². The molecular weight excluding hydrogens is 492 g/mol. The predicted molar refractivity (Wildman–Crippen MR) is 143 cm³/mol. The molecule has 1 aliphatic heterocycles. The number of carbonyl (C=O) groups is 1. The van der Waals surface area contributed by atoms with Gasteiger partial charge in [-0.2, -0.15) is 5.10 Å². The number of hydrazone groups is 1. The van der Waals surface area contributed by atoms with Crippen molar-refractivity contribution in [3.63, 3.8) is 0 Å². The summed E-state index contributed by atoms with van der Waals surface area (Å²) >= 11 is 5.67. The van der Waals surface area contributed by atoms with E-state index in [1.165, 1.54) is 24.3 Å². The maximum absolute atomic E-state index is 13.7. The SMILES string of the molecule is COc1ccc(C(=O)NC(=S)N2N=C3/C(=C/c4ccc(F)cc4)CCCC3C2c2ccc(F)cc2)cc1. The molecule has 0 spiro atoms. The molecule has 8 heteroatoms. The van der Waals surface area contributed by atoms with Crippen molar-refractivity contribution in [2.24, 2.45) is 11.0 Å². The van der Waals surface area contributed by atoms with E-state index < -0.39 is 0 Å². The molecule has 0 aromatic heterocycles. The molecule has 3 aromatic carbocycles. The normalized spacial score (nSPS) is 19.8. The summed E-state index contributed by atoms with van der Waals surface area (Å²) in [4.78, 5) is 12.9. The lowest BCUT2D eigenvalue weighted by Crippen LogP contribution is -2.41. The lowest BCUT2D eigenvalue weighted by Gasteiger charge is -2.30. The highest BCUT2D eigenvalue weighted by atomic mass is 32.1. The molecule has 188 valence electrons.